The molecule has 1 aromatic rings. The van der Waals surface area contributed by atoms with Gasteiger partial charge in [0.15, 0.2) is 0 Å². The van der Waals surface area contributed by atoms with Gasteiger partial charge in [-0.1, -0.05) is 0 Å². The first-order valence-electron chi connectivity index (χ1n) is 8.36. The zero-order valence-electron chi connectivity index (χ0n) is 15.0. The zero-order valence-corrected chi connectivity index (χ0v) is 15.0. The van der Waals surface area contributed by atoms with Crippen LogP contribution >= 0.6 is 0 Å². The SMILES string of the molecule is CC(C)(C)OC(=O)N[C@]1(C(=O)O)CC[C@H](Nc2cc(F)cnc2O)CC1. The van der Waals surface area contributed by atoms with Crippen molar-refractivity contribution in [3.8, 4) is 5.88 Å². The molecule has 1 aliphatic carbocycles. The minimum atomic E-state index is -1.41. The van der Waals surface area contributed by atoms with Gasteiger partial charge in [-0.3, -0.25) is 0 Å². The van der Waals surface area contributed by atoms with Crippen molar-refractivity contribution in [1.82, 2.24) is 10.3 Å². The number of pyridine rings is 1. The van der Waals surface area contributed by atoms with Crippen molar-refractivity contribution in [2.24, 2.45) is 0 Å². The van der Waals surface area contributed by atoms with Gasteiger partial charge in [0.1, 0.15) is 22.6 Å². The first-order chi connectivity index (χ1) is 12.0. The fraction of sp³-hybridized carbons (Fsp3) is 0.588. The Morgan fingerprint density at radius 1 is 1.35 bits per heavy atom. The number of carboxylic acids is 1. The molecular weight excluding hydrogens is 345 g/mol. The van der Waals surface area contributed by atoms with Crippen LogP contribution in [-0.2, 0) is 9.53 Å². The van der Waals surface area contributed by atoms with Gasteiger partial charge in [0.25, 0.3) is 0 Å². The number of alkyl carbamates (subject to hydrolysis) is 1. The highest BCUT2D eigenvalue weighted by molar-refractivity contribution is 5.84. The molecule has 1 aliphatic rings. The van der Waals surface area contributed by atoms with Gasteiger partial charge in [0.05, 0.1) is 6.20 Å². The molecule has 4 N–H and O–H groups in total. The molecule has 1 aromatic heterocycles. The second-order valence-corrected chi connectivity index (χ2v) is 7.46. The fourth-order valence-electron chi connectivity index (χ4n) is 2.90. The van der Waals surface area contributed by atoms with Gasteiger partial charge in [-0.25, -0.2) is 19.0 Å². The number of carboxylic acid groups (broad SMARTS) is 1. The van der Waals surface area contributed by atoms with E-state index in [0.717, 1.165) is 12.3 Å². The number of aromatic hydroxyl groups is 1. The second kappa shape index (κ2) is 7.35. The molecule has 0 bridgehead atoms. The summed E-state index contributed by atoms with van der Waals surface area (Å²) >= 11 is 0. The average molecular weight is 369 g/mol. The summed E-state index contributed by atoms with van der Waals surface area (Å²) in [7, 11) is 0. The third-order valence-electron chi connectivity index (χ3n) is 4.18. The maximum absolute atomic E-state index is 13.3. The van der Waals surface area contributed by atoms with E-state index in [-0.39, 0.29) is 30.5 Å². The molecule has 8 nitrogen and oxygen atoms in total. The zero-order chi connectivity index (χ0) is 19.5. The molecule has 26 heavy (non-hydrogen) atoms. The summed E-state index contributed by atoms with van der Waals surface area (Å²) in [5, 5.41) is 24.7. The third-order valence-corrected chi connectivity index (χ3v) is 4.18. The number of amides is 1. The van der Waals surface area contributed by atoms with Gasteiger partial charge in [-0.15, -0.1) is 0 Å². The Balaban J connectivity index is 2.01. The Kier molecular flexibility index (Phi) is 5.58. The van der Waals surface area contributed by atoms with E-state index in [1.165, 1.54) is 0 Å². The van der Waals surface area contributed by atoms with Gasteiger partial charge in [-0.2, -0.15) is 0 Å². The van der Waals surface area contributed by atoms with E-state index in [9.17, 15) is 24.2 Å². The molecule has 9 heteroatoms. The highest BCUT2D eigenvalue weighted by Gasteiger charge is 2.44. The number of aromatic nitrogens is 1. The second-order valence-electron chi connectivity index (χ2n) is 7.46. The predicted octanol–water partition coefficient (Wildman–Crippen LogP) is 2.63. The van der Waals surface area contributed by atoms with Crippen LogP contribution in [0.4, 0.5) is 14.9 Å². The Labute approximate surface area is 150 Å². The van der Waals surface area contributed by atoms with Crippen LogP contribution in [0, 0.1) is 5.82 Å². The molecule has 1 heterocycles. The van der Waals surface area contributed by atoms with Crippen molar-refractivity contribution >= 4 is 17.7 Å². The van der Waals surface area contributed by atoms with Gasteiger partial charge in [0, 0.05) is 12.1 Å². The fourth-order valence-corrected chi connectivity index (χ4v) is 2.90. The van der Waals surface area contributed by atoms with Gasteiger partial charge in [-0.05, 0) is 46.5 Å². The van der Waals surface area contributed by atoms with Crippen LogP contribution in [0.1, 0.15) is 46.5 Å². The van der Waals surface area contributed by atoms with E-state index < -0.39 is 29.0 Å². The summed E-state index contributed by atoms with van der Waals surface area (Å²) < 4.78 is 18.4. The normalized spacial score (nSPS) is 23.2. The maximum atomic E-state index is 13.3. The number of halogens is 1. The van der Waals surface area contributed by atoms with Crippen LogP contribution in [0.5, 0.6) is 5.88 Å². The van der Waals surface area contributed by atoms with E-state index in [0.29, 0.717) is 12.8 Å². The molecule has 0 unspecified atom stereocenters. The predicted molar refractivity (Wildman–Crippen MR) is 91.5 cm³/mol. The highest BCUT2D eigenvalue weighted by atomic mass is 19.1. The first kappa shape index (κ1) is 19.7. The first-order valence-corrected chi connectivity index (χ1v) is 8.36. The van der Waals surface area contributed by atoms with Crippen LogP contribution in [0.25, 0.3) is 0 Å². The van der Waals surface area contributed by atoms with E-state index in [2.05, 4.69) is 15.6 Å². The smallest absolute Gasteiger partial charge is 0.408 e. The molecule has 0 radical (unpaired) electrons. The average Bonchev–Trinajstić information content (AvgIpc) is 2.51. The minimum Gasteiger partial charge on any atom is -0.492 e. The minimum absolute atomic E-state index is 0.151. The molecule has 0 spiro atoms. The van der Waals surface area contributed by atoms with Crippen LogP contribution in [-0.4, -0.2) is 44.4 Å². The van der Waals surface area contributed by atoms with Crippen molar-refractivity contribution in [3.63, 3.8) is 0 Å². The quantitative estimate of drug-likeness (QED) is 0.644. The number of nitrogens with zero attached hydrogens (tertiary/aromatic N) is 1. The summed E-state index contributed by atoms with van der Waals surface area (Å²) in [5.74, 6) is -2.04. The number of carbonyl (C=O) groups is 2. The Morgan fingerprint density at radius 2 is 1.96 bits per heavy atom. The lowest BCUT2D eigenvalue weighted by atomic mass is 9.79. The van der Waals surface area contributed by atoms with E-state index >= 15 is 0 Å². The van der Waals surface area contributed by atoms with Crippen LogP contribution in [0.2, 0.25) is 0 Å². The van der Waals surface area contributed by atoms with E-state index in [1.54, 1.807) is 20.8 Å². The largest absolute Gasteiger partial charge is 0.492 e. The van der Waals surface area contributed by atoms with Crippen LogP contribution in [0.3, 0.4) is 0 Å². The maximum Gasteiger partial charge on any atom is 0.408 e. The van der Waals surface area contributed by atoms with E-state index in [4.69, 9.17) is 4.74 Å². The van der Waals surface area contributed by atoms with Crippen LogP contribution in [0.15, 0.2) is 12.3 Å². The summed E-state index contributed by atoms with van der Waals surface area (Å²) in [6.07, 6.45) is 1.27. The molecule has 0 aromatic carbocycles. The summed E-state index contributed by atoms with van der Waals surface area (Å²) in [6, 6.07) is 0.942. The number of rotatable bonds is 4. The Hall–Kier alpha value is -2.58. The monoisotopic (exact) mass is 369 g/mol. The molecule has 144 valence electrons. The molecule has 0 atom stereocenters. The number of hydrogen-bond donors (Lipinski definition) is 4. The molecule has 1 fully saturated rings. The Morgan fingerprint density at radius 3 is 2.50 bits per heavy atom. The molecular formula is C17H24FN3O5. The number of hydrogen-bond acceptors (Lipinski definition) is 6. The van der Waals surface area contributed by atoms with Gasteiger partial charge >= 0.3 is 12.1 Å². The lowest BCUT2D eigenvalue weighted by Crippen LogP contribution is -2.58. The topological polar surface area (TPSA) is 121 Å². The standard InChI is InChI=1S/C17H24FN3O5/c1-16(2,3)26-15(25)21-17(14(23)24)6-4-11(5-7-17)20-12-8-10(18)9-19-13(12)22/h8-9,11,20H,4-7H2,1-3H3,(H,19,22)(H,21,25)(H,23,24)/t11-,17+. The molecule has 1 saturated carbocycles. The molecule has 2 rings (SSSR count). The number of nitrogens with one attached hydrogen (secondary N) is 2. The molecule has 1 amide bonds. The molecule has 0 aliphatic heterocycles. The number of carbonyl (C=O) groups excluding carboxylic acids is 1. The number of anilines is 1. The third kappa shape index (κ3) is 4.96. The Bertz CT molecular complexity index is 681. The van der Waals surface area contributed by atoms with Crippen molar-refractivity contribution in [2.45, 2.75) is 63.6 Å². The lowest BCUT2D eigenvalue weighted by Gasteiger charge is -2.38. The molecule has 0 saturated heterocycles. The van der Waals surface area contributed by atoms with Crippen molar-refractivity contribution in [3.05, 3.63) is 18.1 Å². The summed E-state index contributed by atoms with van der Waals surface area (Å²) in [6.45, 7) is 5.08. The van der Waals surface area contributed by atoms with Gasteiger partial charge < -0.3 is 25.6 Å². The van der Waals surface area contributed by atoms with Crippen molar-refractivity contribution in [1.29, 1.82) is 0 Å². The number of aliphatic carboxylic acids is 1. The summed E-state index contributed by atoms with van der Waals surface area (Å²) in [5.41, 5.74) is -1.99. The van der Waals surface area contributed by atoms with Crippen LogP contribution < -0.4 is 10.6 Å². The van der Waals surface area contributed by atoms with Crippen molar-refractivity contribution in [2.75, 3.05) is 5.32 Å². The lowest BCUT2D eigenvalue weighted by molar-refractivity contribution is -0.146. The van der Waals surface area contributed by atoms with E-state index in [1.807, 2.05) is 0 Å². The van der Waals surface area contributed by atoms with Crippen molar-refractivity contribution < 1.29 is 28.9 Å². The van der Waals surface area contributed by atoms with Gasteiger partial charge in [0.2, 0.25) is 5.88 Å². The number of ether oxygens (including phenoxy) is 1. The summed E-state index contributed by atoms with van der Waals surface area (Å²) in [4.78, 5) is 27.3. The highest BCUT2D eigenvalue weighted by Crippen LogP contribution is 2.32.